The highest BCUT2D eigenvalue weighted by Crippen LogP contribution is 2.17. The molecule has 1 saturated carbocycles. The van der Waals surface area contributed by atoms with Crippen molar-refractivity contribution in [1.29, 1.82) is 0 Å². The number of nitrogens with one attached hydrogen (secondary N) is 2. The Morgan fingerprint density at radius 1 is 1.15 bits per heavy atom. The summed E-state index contributed by atoms with van der Waals surface area (Å²) >= 11 is 1.51. The molecule has 20 heavy (non-hydrogen) atoms. The van der Waals surface area contributed by atoms with Gasteiger partial charge in [-0.2, -0.15) is 0 Å². The van der Waals surface area contributed by atoms with E-state index in [9.17, 15) is 9.59 Å². The van der Waals surface area contributed by atoms with Crippen LogP contribution in [0.5, 0.6) is 0 Å². The van der Waals surface area contributed by atoms with Crippen LogP contribution >= 0.6 is 11.8 Å². The highest BCUT2D eigenvalue weighted by molar-refractivity contribution is 7.99. The predicted molar refractivity (Wildman–Crippen MR) is 81.5 cm³/mol. The monoisotopic (exact) mass is 292 g/mol. The maximum absolute atomic E-state index is 11.6. The molecule has 1 fully saturated rings. The lowest BCUT2D eigenvalue weighted by molar-refractivity contribution is -0.117. The third kappa shape index (κ3) is 5.25. The summed E-state index contributed by atoms with van der Waals surface area (Å²) in [4.78, 5) is 23.2. The molecule has 2 N–H and O–H groups in total. The number of hydrogen-bond donors (Lipinski definition) is 2. The number of benzene rings is 1. The van der Waals surface area contributed by atoms with Crippen LogP contribution in [0.2, 0.25) is 0 Å². The first-order valence-corrected chi connectivity index (χ1v) is 8.11. The molecule has 0 saturated heterocycles. The lowest BCUT2D eigenvalue weighted by Crippen LogP contribution is -2.44. The van der Waals surface area contributed by atoms with Crippen molar-refractivity contribution in [2.45, 2.75) is 37.5 Å². The van der Waals surface area contributed by atoms with E-state index in [2.05, 4.69) is 10.6 Å². The zero-order chi connectivity index (χ0) is 14.2. The summed E-state index contributed by atoms with van der Waals surface area (Å²) in [6, 6.07) is 9.85. The van der Waals surface area contributed by atoms with Crippen LogP contribution in [-0.2, 0) is 10.5 Å². The van der Waals surface area contributed by atoms with Crippen LogP contribution in [0.3, 0.4) is 0 Å². The number of urea groups is 1. The van der Waals surface area contributed by atoms with Gasteiger partial charge in [0.05, 0.1) is 5.75 Å². The standard InChI is InChI=1S/C15H20N2O2S/c18-14(11-20-10-12-6-2-1-3-7-12)17-15(19)16-13-8-4-5-9-13/h1-3,6-7,13H,4-5,8-11H2,(H2,16,17,18,19). The fraction of sp³-hybridized carbons (Fsp3) is 0.467. The molecule has 0 heterocycles. The second-order valence-electron chi connectivity index (χ2n) is 4.98. The summed E-state index contributed by atoms with van der Waals surface area (Å²) in [6.07, 6.45) is 4.35. The van der Waals surface area contributed by atoms with E-state index in [1.54, 1.807) is 0 Å². The highest BCUT2D eigenvalue weighted by Gasteiger charge is 2.17. The van der Waals surface area contributed by atoms with Gasteiger partial charge in [0, 0.05) is 11.8 Å². The second-order valence-corrected chi connectivity index (χ2v) is 5.97. The number of carbonyl (C=O) groups is 2. The lowest BCUT2D eigenvalue weighted by atomic mass is 10.2. The largest absolute Gasteiger partial charge is 0.335 e. The average Bonchev–Trinajstić information content (AvgIpc) is 2.92. The van der Waals surface area contributed by atoms with E-state index >= 15 is 0 Å². The van der Waals surface area contributed by atoms with Crippen molar-refractivity contribution in [3.8, 4) is 0 Å². The Bertz CT molecular complexity index is 444. The molecular formula is C15H20N2O2S. The molecule has 1 aliphatic carbocycles. The molecule has 0 bridgehead atoms. The highest BCUT2D eigenvalue weighted by atomic mass is 32.2. The summed E-state index contributed by atoms with van der Waals surface area (Å²) < 4.78 is 0. The first-order valence-electron chi connectivity index (χ1n) is 6.96. The van der Waals surface area contributed by atoms with Crippen molar-refractivity contribution in [3.05, 3.63) is 35.9 Å². The van der Waals surface area contributed by atoms with Crippen molar-refractivity contribution in [1.82, 2.24) is 10.6 Å². The van der Waals surface area contributed by atoms with Crippen LogP contribution in [0, 0.1) is 0 Å². The SMILES string of the molecule is O=C(CSCc1ccccc1)NC(=O)NC1CCCC1. The fourth-order valence-corrected chi connectivity index (χ4v) is 3.08. The molecule has 0 unspecified atom stereocenters. The van der Waals surface area contributed by atoms with Crippen LogP contribution in [0.25, 0.3) is 0 Å². The molecule has 2 rings (SSSR count). The van der Waals surface area contributed by atoms with Crippen LogP contribution in [0.1, 0.15) is 31.2 Å². The van der Waals surface area contributed by atoms with Crippen molar-refractivity contribution < 1.29 is 9.59 Å². The van der Waals surface area contributed by atoms with E-state index in [1.165, 1.54) is 17.3 Å². The van der Waals surface area contributed by atoms with Gasteiger partial charge < -0.3 is 5.32 Å². The third-order valence-corrected chi connectivity index (χ3v) is 4.29. The summed E-state index contributed by atoms with van der Waals surface area (Å²) in [5.41, 5.74) is 1.18. The van der Waals surface area contributed by atoms with Crippen molar-refractivity contribution in [2.75, 3.05) is 5.75 Å². The molecule has 0 aromatic heterocycles. The van der Waals surface area contributed by atoms with Crippen LogP contribution in [0.15, 0.2) is 30.3 Å². The Morgan fingerprint density at radius 2 is 1.85 bits per heavy atom. The van der Waals surface area contributed by atoms with Crippen molar-refractivity contribution >= 4 is 23.7 Å². The van der Waals surface area contributed by atoms with E-state index in [4.69, 9.17) is 0 Å². The molecule has 1 aromatic carbocycles. The van der Waals surface area contributed by atoms with Crippen LogP contribution < -0.4 is 10.6 Å². The fourth-order valence-electron chi connectivity index (χ4n) is 2.29. The van der Waals surface area contributed by atoms with Crippen LogP contribution in [-0.4, -0.2) is 23.7 Å². The van der Waals surface area contributed by atoms with Crippen LogP contribution in [0.4, 0.5) is 4.79 Å². The minimum absolute atomic E-state index is 0.235. The van der Waals surface area contributed by atoms with Gasteiger partial charge in [0.2, 0.25) is 5.91 Å². The van der Waals surface area contributed by atoms with E-state index in [0.717, 1.165) is 31.4 Å². The van der Waals surface area contributed by atoms with E-state index in [0.29, 0.717) is 5.75 Å². The van der Waals surface area contributed by atoms with Crippen molar-refractivity contribution in [3.63, 3.8) is 0 Å². The Hall–Kier alpha value is -1.49. The van der Waals surface area contributed by atoms with Gasteiger partial charge in [-0.1, -0.05) is 43.2 Å². The summed E-state index contributed by atoms with van der Waals surface area (Å²) in [7, 11) is 0. The number of amides is 3. The third-order valence-electron chi connectivity index (χ3n) is 3.29. The summed E-state index contributed by atoms with van der Waals surface area (Å²) in [6.45, 7) is 0. The topological polar surface area (TPSA) is 58.2 Å². The molecule has 1 aromatic rings. The van der Waals surface area contributed by atoms with E-state index in [1.807, 2.05) is 30.3 Å². The molecule has 108 valence electrons. The second kappa shape index (κ2) is 7.94. The van der Waals surface area contributed by atoms with Gasteiger partial charge in [-0.3, -0.25) is 10.1 Å². The minimum Gasteiger partial charge on any atom is -0.335 e. The van der Waals surface area contributed by atoms with Gasteiger partial charge in [0.15, 0.2) is 0 Å². The van der Waals surface area contributed by atoms with Gasteiger partial charge in [-0.15, -0.1) is 11.8 Å². The van der Waals surface area contributed by atoms with Gasteiger partial charge in [-0.25, -0.2) is 4.79 Å². The molecule has 0 atom stereocenters. The zero-order valence-corrected chi connectivity index (χ0v) is 12.2. The maximum Gasteiger partial charge on any atom is 0.321 e. The molecule has 0 spiro atoms. The Labute approximate surface area is 123 Å². The van der Waals surface area contributed by atoms with Gasteiger partial charge in [0.25, 0.3) is 0 Å². The van der Waals surface area contributed by atoms with Crippen molar-refractivity contribution in [2.24, 2.45) is 0 Å². The number of imide groups is 1. The minimum atomic E-state index is -0.359. The maximum atomic E-state index is 11.6. The zero-order valence-electron chi connectivity index (χ0n) is 11.4. The quantitative estimate of drug-likeness (QED) is 0.877. The number of rotatable bonds is 5. The Morgan fingerprint density at radius 3 is 2.55 bits per heavy atom. The molecule has 0 radical (unpaired) electrons. The molecule has 4 nitrogen and oxygen atoms in total. The van der Waals surface area contributed by atoms with E-state index < -0.39 is 0 Å². The number of carbonyl (C=O) groups excluding carboxylic acids is 2. The summed E-state index contributed by atoms with van der Waals surface area (Å²) in [5, 5.41) is 5.22. The summed E-state index contributed by atoms with van der Waals surface area (Å²) in [5.74, 6) is 0.840. The molecule has 1 aliphatic rings. The number of hydrogen-bond acceptors (Lipinski definition) is 3. The Balaban J connectivity index is 1.61. The first kappa shape index (κ1) is 14.9. The predicted octanol–water partition coefficient (Wildman–Crippen LogP) is 2.69. The number of thioether (sulfide) groups is 1. The normalized spacial score (nSPS) is 15.0. The smallest absolute Gasteiger partial charge is 0.321 e. The van der Waals surface area contributed by atoms with Gasteiger partial charge >= 0.3 is 6.03 Å². The van der Waals surface area contributed by atoms with E-state index in [-0.39, 0.29) is 18.0 Å². The van der Waals surface area contributed by atoms with Gasteiger partial charge in [-0.05, 0) is 18.4 Å². The Kier molecular flexibility index (Phi) is 5.92. The molecule has 0 aliphatic heterocycles. The molecule has 3 amide bonds. The van der Waals surface area contributed by atoms with Gasteiger partial charge in [0.1, 0.15) is 0 Å². The first-order chi connectivity index (χ1) is 9.74. The lowest BCUT2D eigenvalue weighted by Gasteiger charge is -2.12. The molecular weight excluding hydrogens is 272 g/mol. The molecule has 5 heteroatoms. The average molecular weight is 292 g/mol.